The van der Waals surface area contributed by atoms with Crippen LogP contribution in [0.15, 0.2) is 72.8 Å². The van der Waals surface area contributed by atoms with Crippen LogP contribution in [-0.4, -0.2) is 29.8 Å². The van der Waals surface area contributed by atoms with Crippen molar-refractivity contribution in [2.24, 2.45) is 0 Å². The molecule has 5 nitrogen and oxygen atoms in total. The topological polar surface area (TPSA) is 75.6 Å². The molecule has 2 atom stereocenters. The van der Waals surface area contributed by atoms with Crippen LogP contribution in [0.5, 0.6) is 0 Å². The van der Waals surface area contributed by atoms with Gasteiger partial charge in [0, 0.05) is 11.8 Å². The lowest BCUT2D eigenvalue weighted by Crippen LogP contribution is -2.44. The summed E-state index contributed by atoms with van der Waals surface area (Å²) in [4.78, 5) is 24.4. The van der Waals surface area contributed by atoms with Gasteiger partial charge in [-0.1, -0.05) is 85.3 Å². The summed E-state index contributed by atoms with van der Waals surface area (Å²) in [6, 6.07) is 22.7. The van der Waals surface area contributed by atoms with Gasteiger partial charge in [0.15, 0.2) is 0 Å². The number of ether oxygens (including phenoxy) is 1. The lowest BCUT2D eigenvalue weighted by molar-refractivity contribution is -0.139. The number of fused-ring (bicyclic) bond motifs is 3. The maximum absolute atomic E-state index is 12.5. The number of amides is 1. The number of nitrogens with one attached hydrogen (secondary N) is 1. The van der Waals surface area contributed by atoms with Crippen molar-refractivity contribution in [3.05, 3.63) is 95.1 Å². The van der Waals surface area contributed by atoms with E-state index in [0.29, 0.717) is 0 Å². The van der Waals surface area contributed by atoms with Crippen molar-refractivity contribution in [1.29, 1.82) is 0 Å². The molecule has 4 rings (SSSR count). The van der Waals surface area contributed by atoms with Crippen LogP contribution in [-0.2, 0) is 9.53 Å². The second-order valence-electron chi connectivity index (χ2n) is 7.99. The minimum Gasteiger partial charge on any atom is -0.480 e. The van der Waals surface area contributed by atoms with Gasteiger partial charge < -0.3 is 15.2 Å². The number of rotatable bonds is 6. The number of alkyl carbamates (subject to hydrolysis) is 1. The highest BCUT2D eigenvalue weighted by molar-refractivity contribution is 5.81. The molecule has 158 valence electrons. The van der Waals surface area contributed by atoms with E-state index in [9.17, 15) is 14.7 Å². The fraction of sp³-hybridized carbons (Fsp3) is 0.231. The van der Waals surface area contributed by atoms with Crippen molar-refractivity contribution in [2.45, 2.75) is 31.7 Å². The summed E-state index contributed by atoms with van der Waals surface area (Å²) in [5, 5.41) is 12.2. The predicted molar refractivity (Wildman–Crippen MR) is 119 cm³/mol. The fourth-order valence-corrected chi connectivity index (χ4v) is 4.23. The number of hydrogen-bond acceptors (Lipinski definition) is 3. The summed E-state index contributed by atoms with van der Waals surface area (Å²) >= 11 is 0. The molecule has 3 aromatic rings. The van der Waals surface area contributed by atoms with Gasteiger partial charge in [-0.25, -0.2) is 9.59 Å². The fourth-order valence-electron chi connectivity index (χ4n) is 4.23. The standard InChI is InChI=1S/C26H25NO4/c1-16-11-13-18(14-12-16)17(2)24(25(28)29)27-26(30)31-15-23-21-9-5-3-7-19(21)20-8-4-6-10-22(20)23/h3-14,17,23-24H,15H2,1-2H3,(H,27,30)(H,28,29)/t17-,24+/m1/s1. The lowest BCUT2D eigenvalue weighted by atomic mass is 9.93. The van der Waals surface area contributed by atoms with E-state index in [-0.39, 0.29) is 12.5 Å². The molecule has 0 aromatic heterocycles. The van der Waals surface area contributed by atoms with Gasteiger partial charge >= 0.3 is 12.1 Å². The van der Waals surface area contributed by atoms with Gasteiger partial charge in [-0.05, 0) is 34.7 Å². The molecule has 0 spiro atoms. The molecule has 0 fully saturated rings. The molecule has 0 aliphatic heterocycles. The highest BCUT2D eigenvalue weighted by Crippen LogP contribution is 2.44. The molecule has 3 aromatic carbocycles. The number of carboxylic acid groups (broad SMARTS) is 1. The van der Waals surface area contributed by atoms with E-state index in [0.717, 1.165) is 33.4 Å². The SMILES string of the molecule is Cc1ccc([C@@H](C)[C@H](NC(=O)OCC2c3ccccc3-c3ccccc32)C(=O)O)cc1. The molecule has 1 aliphatic carbocycles. The number of carbonyl (C=O) groups excluding carboxylic acids is 1. The summed E-state index contributed by atoms with van der Waals surface area (Å²) in [6.07, 6.45) is -0.728. The summed E-state index contributed by atoms with van der Waals surface area (Å²) in [6.45, 7) is 3.90. The van der Waals surface area contributed by atoms with E-state index >= 15 is 0 Å². The van der Waals surface area contributed by atoms with E-state index in [4.69, 9.17) is 4.74 Å². The van der Waals surface area contributed by atoms with E-state index in [2.05, 4.69) is 17.4 Å². The third-order valence-electron chi connectivity index (χ3n) is 5.99. The highest BCUT2D eigenvalue weighted by atomic mass is 16.5. The smallest absolute Gasteiger partial charge is 0.407 e. The van der Waals surface area contributed by atoms with Gasteiger partial charge in [-0.15, -0.1) is 0 Å². The highest BCUT2D eigenvalue weighted by Gasteiger charge is 2.31. The Bertz CT molecular complexity index is 1060. The van der Waals surface area contributed by atoms with Gasteiger partial charge in [0.05, 0.1) is 0 Å². The molecule has 2 N–H and O–H groups in total. The van der Waals surface area contributed by atoms with E-state index < -0.39 is 24.0 Å². The van der Waals surface area contributed by atoms with Crippen LogP contribution in [0.4, 0.5) is 4.79 Å². The van der Waals surface area contributed by atoms with Crippen LogP contribution in [0.3, 0.4) is 0 Å². The van der Waals surface area contributed by atoms with Gasteiger partial charge in [0.25, 0.3) is 0 Å². The van der Waals surface area contributed by atoms with Crippen molar-refractivity contribution in [1.82, 2.24) is 5.32 Å². The largest absolute Gasteiger partial charge is 0.480 e. The maximum Gasteiger partial charge on any atom is 0.407 e. The van der Waals surface area contributed by atoms with Crippen molar-refractivity contribution in [3.63, 3.8) is 0 Å². The molecule has 1 amide bonds. The number of aryl methyl sites for hydroxylation is 1. The van der Waals surface area contributed by atoms with Gasteiger partial charge in [0.1, 0.15) is 12.6 Å². The molecule has 1 aliphatic rings. The average Bonchev–Trinajstić information content (AvgIpc) is 3.10. The van der Waals surface area contributed by atoms with Crippen LogP contribution >= 0.6 is 0 Å². The second-order valence-corrected chi connectivity index (χ2v) is 7.99. The first-order chi connectivity index (χ1) is 15.0. The molecule has 0 radical (unpaired) electrons. The average molecular weight is 415 g/mol. The second kappa shape index (κ2) is 8.64. The molecule has 0 heterocycles. The Morgan fingerprint density at radius 3 is 2.03 bits per heavy atom. The zero-order valence-electron chi connectivity index (χ0n) is 17.5. The van der Waals surface area contributed by atoms with E-state index in [1.165, 1.54) is 0 Å². The maximum atomic E-state index is 12.5. The van der Waals surface area contributed by atoms with Gasteiger partial charge in [-0.2, -0.15) is 0 Å². The molecular weight excluding hydrogens is 390 g/mol. The van der Waals surface area contributed by atoms with Crippen LogP contribution in [0, 0.1) is 6.92 Å². The molecular formula is C26H25NO4. The monoisotopic (exact) mass is 415 g/mol. The number of carbonyl (C=O) groups is 2. The van der Waals surface area contributed by atoms with Crippen LogP contribution in [0.2, 0.25) is 0 Å². The summed E-state index contributed by atoms with van der Waals surface area (Å²) in [5.74, 6) is -1.57. The van der Waals surface area contributed by atoms with Crippen molar-refractivity contribution >= 4 is 12.1 Å². The van der Waals surface area contributed by atoms with Crippen molar-refractivity contribution in [2.75, 3.05) is 6.61 Å². The third-order valence-corrected chi connectivity index (χ3v) is 5.99. The van der Waals surface area contributed by atoms with E-state index in [1.54, 1.807) is 6.92 Å². The Hall–Kier alpha value is -3.60. The lowest BCUT2D eigenvalue weighted by Gasteiger charge is -2.22. The van der Waals surface area contributed by atoms with Crippen LogP contribution in [0.1, 0.15) is 41.0 Å². The van der Waals surface area contributed by atoms with Crippen LogP contribution < -0.4 is 5.32 Å². The van der Waals surface area contributed by atoms with Gasteiger partial charge in [0.2, 0.25) is 0 Å². The Morgan fingerprint density at radius 2 is 1.48 bits per heavy atom. The number of carboxylic acids is 1. The third kappa shape index (κ3) is 4.17. The number of benzene rings is 3. The first kappa shape index (κ1) is 20.7. The van der Waals surface area contributed by atoms with Gasteiger partial charge in [-0.3, -0.25) is 0 Å². The van der Waals surface area contributed by atoms with Crippen molar-refractivity contribution < 1.29 is 19.4 Å². The Morgan fingerprint density at radius 1 is 0.935 bits per heavy atom. The molecule has 0 saturated heterocycles. The summed E-state index contributed by atoms with van der Waals surface area (Å²) in [7, 11) is 0. The number of aliphatic carboxylic acids is 1. The summed E-state index contributed by atoms with van der Waals surface area (Å²) < 4.78 is 5.51. The minimum atomic E-state index is -1.10. The Balaban J connectivity index is 1.46. The quantitative estimate of drug-likeness (QED) is 0.588. The van der Waals surface area contributed by atoms with Crippen LogP contribution in [0.25, 0.3) is 11.1 Å². The Labute approximate surface area is 181 Å². The normalized spacial score (nSPS) is 14.3. The first-order valence-electron chi connectivity index (χ1n) is 10.4. The molecule has 0 saturated carbocycles. The molecule has 5 heteroatoms. The molecule has 0 unspecified atom stereocenters. The van der Waals surface area contributed by atoms with Crippen molar-refractivity contribution in [3.8, 4) is 11.1 Å². The minimum absolute atomic E-state index is 0.0732. The predicted octanol–water partition coefficient (Wildman–Crippen LogP) is 5.09. The molecule has 31 heavy (non-hydrogen) atoms. The zero-order valence-corrected chi connectivity index (χ0v) is 17.5. The first-order valence-corrected chi connectivity index (χ1v) is 10.4. The molecule has 0 bridgehead atoms. The van der Waals surface area contributed by atoms with E-state index in [1.807, 2.05) is 67.6 Å². The Kier molecular flexibility index (Phi) is 5.76. The summed E-state index contributed by atoms with van der Waals surface area (Å²) in [5.41, 5.74) is 6.44. The number of hydrogen-bond donors (Lipinski definition) is 2. The zero-order chi connectivity index (χ0) is 22.0.